The molecule has 4 nitrogen and oxygen atoms in total. The molecule has 2 unspecified atom stereocenters. The maximum atomic E-state index is 14.0. The molecule has 0 saturated heterocycles. The van der Waals surface area contributed by atoms with Crippen molar-refractivity contribution in [3.63, 3.8) is 0 Å². The minimum Gasteiger partial charge on any atom is -0.305 e. The predicted octanol–water partition coefficient (Wildman–Crippen LogP) is 8.04. The van der Waals surface area contributed by atoms with E-state index in [4.69, 9.17) is 0 Å². The molecule has 180 valence electrons. The fraction of sp³-hybridized carbons (Fsp3) is 0.133. The molecule has 0 radical (unpaired) electrons. The molecule has 1 aliphatic rings. The average Bonchev–Trinajstić information content (AvgIpc) is 2.89. The van der Waals surface area contributed by atoms with E-state index in [0.29, 0.717) is 17.5 Å². The third kappa shape index (κ3) is 4.75. The zero-order valence-electron chi connectivity index (χ0n) is 19.6. The van der Waals surface area contributed by atoms with Crippen LogP contribution in [0.15, 0.2) is 112 Å². The minimum atomic E-state index is -0.239. The van der Waals surface area contributed by atoms with Crippen molar-refractivity contribution in [2.24, 2.45) is 0 Å². The van der Waals surface area contributed by atoms with Gasteiger partial charge in [0.25, 0.3) is 11.8 Å². The van der Waals surface area contributed by atoms with Crippen molar-refractivity contribution in [2.75, 3.05) is 9.80 Å². The molecular formula is C30H24Br2N2O2. The second kappa shape index (κ2) is 10.4. The van der Waals surface area contributed by atoms with E-state index in [1.165, 1.54) is 0 Å². The molecule has 0 saturated carbocycles. The van der Waals surface area contributed by atoms with Gasteiger partial charge in [0.1, 0.15) is 0 Å². The van der Waals surface area contributed by atoms with E-state index in [1.54, 1.807) is 0 Å². The zero-order valence-corrected chi connectivity index (χ0v) is 22.8. The Morgan fingerprint density at radius 3 is 2.08 bits per heavy atom. The molecule has 0 aliphatic carbocycles. The largest absolute Gasteiger partial charge is 0.305 e. The van der Waals surface area contributed by atoms with Gasteiger partial charge in [0.05, 0.1) is 6.04 Å². The predicted molar refractivity (Wildman–Crippen MR) is 152 cm³/mol. The van der Waals surface area contributed by atoms with Crippen LogP contribution in [0.3, 0.4) is 0 Å². The molecule has 2 amide bonds. The zero-order chi connectivity index (χ0) is 25.2. The molecule has 4 aromatic rings. The Morgan fingerprint density at radius 2 is 1.39 bits per heavy atom. The number of halogens is 2. The fourth-order valence-electron chi connectivity index (χ4n) is 4.88. The summed E-state index contributed by atoms with van der Waals surface area (Å²) in [5, 5.41) is 0. The van der Waals surface area contributed by atoms with Gasteiger partial charge in [-0.2, -0.15) is 0 Å². The van der Waals surface area contributed by atoms with Crippen LogP contribution < -0.4 is 9.80 Å². The molecular weight excluding hydrogens is 580 g/mol. The molecule has 5 rings (SSSR count). The van der Waals surface area contributed by atoms with Crippen molar-refractivity contribution in [2.45, 2.75) is 25.4 Å². The number of amides is 2. The molecule has 6 heteroatoms. The van der Waals surface area contributed by atoms with Gasteiger partial charge in [0, 0.05) is 37.5 Å². The van der Waals surface area contributed by atoms with Crippen LogP contribution in [0.2, 0.25) is 0 Å². The first-order valence-electron chi connectivity index (χ1n) is 11.8. The lowest BCUT2D eigenvalue weighted by molar-refractivity contribution is 0.0965. The van der Waals surface area contributed by atoms with Crippen molar-refractivity contribution in [3.8, 4) is 0 Å². The topological polar surface area (TPSA) is 40.6 Å². The van der Waals surface area contributed by atoms with Gasteiger partial charge in [-0.3, -0.25) is 9.59 Å². The van der Waals surface area contributed by atoms with Crippen molar-refractivity contribution in [1.29, 1.82) is 0 Å². The Labute approximate surface area is 227 Å². The van der Waals surface area contributed by atoms with E-state index in [9.17, 15) is 9.59 Å². The van der Waals surface area contributed by atoms with Gasteiger partial charge < -0.3 is 9.80 Å². The third-order valence-corrected chi connectivity index (χ3v) is 7.47. The summed E-state index contributed by atoms with van der Waals surface area (Å²) in [5.41, 5.74) is 3.82. The van der Waals surface area contributed by atoms with E-state index < -0.39 is 0 Å². The van der Waals surface area contributed by atoms with Crippen LogP contribution in [-0.2, 0) is 0 Å². The third-order valence-electron chi connectivity index (χ3n) is 6.49. The first-order chi connectivity index (χ1) is 17.4. The Bertz CT molecular complexity index is 1420. The van der Waals surface area contributed by atoms with E-state index in [1.807, 2.05) is 120 Å². The minimum absolute atomic E-state index is 0.0562. The van der Waals surface area contributed by atoms with E-state index in [0.717, 1.165) is 25.9 Å². The molecule has 4 aromatic carbocycles. The second-order valence-corrected chi connectivity index (χ2v) is 10.7. The first kappa shape index (κ1) is 24.5. The number of hydrogen-bond acceptors (Lipinski definition) is 2. The van der Waals surface area contributed by atoms with Crippen LogP contribution in [0, 0.1) is 0 Å². The maximum Gasteiger partial charge on any atom is 0.258 e. The smallest absolute Gasteiger partial charge is 0.258 e. The van der Waals surface area contributed by atoms with Crippen molar-refractivity contribution in [1.82, 2.24) is 0 Å². The molecule has 0 N–H and O–H groups in total. The van der Waals surface area contributed by atoms with Gasteiger partial charge in [-0.05, 0) is 73.5 Å². The number of nitrogens with zero attached hydrogens (tertiary/aromatic N) is 2. The number of para-hydroxylation sites is 2. The summed E-state index contributed by atoms with van der Waals surface area (Å²) in [6.07, 6.45) is 0.603. The standard InChI is InChI=1S/C30H24Br2N2O2/c1-20-17-28(34(25-13-3-2-4-14-25)30(36)22-10-8-12-24(32)19-22)26-15-5-6-16-27(26)33(20)29(35)21-9-7-11-23(31)18-21/h2-16,18-20,28H,17H2,1H3. The van der Waals surface area contributed by atoms with Gasteiger partial charge in [-0.25, -0.2) is 0 Å². The van der Waals surface area contributed by atoms with Crippen molar-refractivity contribution >= 4 is 55.0 Å². The lowest BCUT2D eigenvalue weighted by Crippen LogP contribution is -2.47. The lowest BCUT2D eigenvalue weighted by Gasteiger charge is -2.43. The Kier molecular flexibility index (Phi) is 7.08. The lowest BCUT2D eigenvalue weighted by atomic mass is 9.89. The number of carbonyl (C=O) groups is 2. The van der Waals surface area contributed by atoms with E-state index >= 15 is 0 Å². The molecule has 0 aromatic heterocycles. The molecule has 0 spiro atoms. The highest BCUT2D eigenvalue weighted by atomic mass is 79.9. The maximum absolute atomic E-state index is 14.0. The summed E-state index contributed by atoms with van der Waals surface area (Å²) < 4.78 is 1.71. The van der Waals surface area contributed by atoms with Crippen LogP contribution in [0.25, 0.3) is 0 Å². The Balaban J connectivity index is 1.61. The van der Waals surface area contributed by atoms with Crippen molar-refractivity contribution in [3.05, 3.63) is 129 Å². The molecule has 1 aliphatic heterocycles. The molecule has 2 atom stereocenters. The first-order valence-corrected chi connectivity index (χ1v) is 13.3. The second-order valence-electron chi connectivity index (χ2n) is 8.87. The highest BCUT2D eigenvalue weighted by Gasteiger charge is 2.39. The molecule has 36 heavy (non-hydrogen) atoms. The van der Waals surface area contributed by atoms with Crippen molar-refractivity contribution < 1.29 is 9.59 Å². The summed E-state index contributed by atoms with van der Waals surface area (Å²) in [4.78, 5) is 31.4. The Hall–Kier alpha value is -3.22. The number of benzene rings is 4. The van der Waals surface area contributed by atoms with Crippen LogP contribution in [0.4, 0.5) is 11.4 Å². The Morgan fingerprint density at radius 1 is 0.778 bits per heavy atom. The average molecular weight is 604 g/mol. The number of anilines is 2. The van der Waals surface area contributed by atoms with E-state index in [-0.39, 0.29) is 23.9 Å². The molecule has 0 fully saturated rings. The van der Waals surface area contributed by atoms with Crippen LogP contribution in [-0.4, -0.2) is 17.9 Å². The van der Waals surface area contributed by atoms with Gasteiger partial charge in [0.15, 0.2) is 0 Å². The number of fused-ring (bicyclic) bond motifs is 1. The SMILES string of the molecule is CC1CC(N(C(=O)c2cccc(Br)c2)c2ccccc2)c2ccccc2N1C(=O)c1cccc(Br)c1. The highest BCUT2D eigenvalue weighted by molar-refractivity contribution is 9.10. The van der Waals surface area contributed by atoms with E-state index in [2.05, 4.69) is 31.9 Å². The molecule has 0 bridgehead atoms. The fourth-order valence-corrected chi connectivity index (χ4v) is 5.68. The van der Waals surface area contributed by atoms with Gasteiger partial charge in [-0.1, -0.05) is 80.4 Å². The number of carbonyl (C=O) groups excluding carboxylic acids is 2. The normalized spacial score (nSPS) is 16.8. The quantitative estimate of drug-likeness (QED) is 0.237. The van der Waals surface area contributed by atoms with Gasteiger partial charge in [-0.15, -0.1) is 0 Å². The summed E-state index contributed by atoms with van der Waals surface area (Å²) in [6, 6.07) is 32.2. The number of rotatable bonds is 4. The summed E-state index contributed by atoms with van der Waals surface area (Å²) in [6.45, 7) is 2.05. The van der Waals surface area contributed by atoms with Crippen LogP contribution >= 0.6 is 31.9 Å². The van der Waals surface area contributed by atoms with Crippen LogP contribution in [0.1, 0.15) is 45.7 Å². The highest BCUT2D eigenvalue weighted by Crippen LogP contribution is 2.43. The summed E-state index contributed by atoms with van der Waals surface area (Å²) in [7, 11) is 0. The number of hydrogen-bond donors (Lipinski definition) is 0. The molecule has 1 heterocycles. The van der Waals surface area contributed by atoms with Gasteiger partial charge in [0.2, 0.25) is 0 Å². The van der Waals surface area contributed by atoms with Gasteiger partial charge >= 0.3 is 0 Å². The monoisotopic (exact) mass is 602 g/mol. The summed E-state index contributed by atoms with van der Waals surface area (Å²) >= 11 is 6.98. The summed E-state index contributed by atoms with van der Waals surface area (Å²) in [5.74, 6) is -0.138. The van der Waals surface area contributed by atoms with Crippen LogP contribution in [0.5, 0.6) is 0 Å².